The van der Waals surface area contributed by atoms with Crippen LogP contribution in [0.2, 0.25) is 0 Å². The van der Waals surface area contributed by atoms with Crippen molar-refractivity contribution >= 4 is 5.91 Å². The van der Waals surface area contributed by atoms with E-state index in [2.05, 4.69) is 5.32 Å². The molecule has 114 valence electrons. The molecule has 4 nitrogen and oxygen atoms in total. The maximum atomic E-state index is 12.8. The molecule has 1 aromatic rings. The molecule has 4 heteroatoms. The third-order valence-corrected chi connectivity index (χ3v) is 5.07. The number of nitrogens with zero attached hydrogens (tertiary/aromatic N) is 1. The second kappa shape index (κ2) is 6.58. The van der Waals surface area contributed by atoms with Crippen LogP contribution in [0.3, 0.4) is 0 Å². The van der Waals surface area contributed by atoms with Crippen molar-refractivity contribution in [3.05, 3.63) is 35.9 Å². The predicted molar refractivity (Wildman–Crippen MR) is 83.9 cm³/mol. The van der Waals surface area contributed by atoms with Crippen molar-refractivity contribution in [3.63, 3.8) is 0 Å². The second-order valence-corrected chi connectivity index (χ2v) is 6.28. The fraction of sp³-hybridized carbons (Fsp3) is 0.588. The van der Waals surface area contributed by atoms with Gasteiger partial charge in [0.2, 0.25) is 5.91 Å². The number of benzene rings is 1. The Hall–Kier alpha value is -1.39. The van der Waals surface area contributed by atoms with Gasteiger partial charge in [0.25, 0.3) is 0 Å². The number of rotatable bonds is 3. The summed E-state index contributed by atoms with van der Waals surface area (Å²) in [6, 6.07) is 9.94. The van der Waals surface area contributed by atoms with Gasteiger partial charge in [-0.2, -0.15) is 0 Å². The van der Waals surface area contributed by atoms with E-state index in [9.17, 15) is 4.79 Å². The highest BCUT2D eigenvalue weighted by atomic mass is 16.2. The molecule has 0 bridgehead atoms. The van der Waals surface area contributed by atoms with Crippen molar-refractivity contribution in [2.45, 2.75) is 18.8 Å². The van der Waals surface area contributed by atoms with Gasteiger partial charge < -0.3 is 16.0 Å². The van der Waals surface area contributed by atoms with Gasteiger partial charge in [-0.15, -0.1) is 0 Å². The minimum Gasteiger partial charge on any atom is -0.342 e. The van der Waals surface area contributed by atoms with Crippen molar-refractivity contribution < 1.29 is 4.79 Å². The van der Waals surface area contributed by atoms with Crippen LogP contribution in [0.5, 0.6) is 0 Å². The molecule has 0 aromatic heterocycles. The van der Waals surface area contributed by atoms with Crippen LogP contribution in [-0.2, 0) is 4.79 Å². The summed E-state index contributed by atoms with van der Waals surface area (Å²) >= 11 is 0. The molecule has 1 aromatic carbocycles. The summed E-state index contributed by atoms with van der Waals surface area (Å²) in [4.78, 5) is 14.9. The highest BCUT2D eigenvalue weighted by Crippen LogP contribution is 2.28. The van der Waals surface area contributed by atoms with Crippen LogP contribution in [0, 0.1) is 11.8 Å². The fourth-order valence-corrected chi connectivity index (χ4v) is 3.72. The fourth-order valence-electron chi connectivity index (χ4n) is 3.72. The quantitative estimate of drug-likeness (QED) is 0.878. The Labute approximate surface area is 126 Å². The van der Waals surface area contributed by atoms with Gasteiger partial charge in [0, 0.05) is 19.6 Å². The number of hydrogen-bond acceptors (Lipinski definition) is 3. The molecule has 3 N–H and O–H groups in total. The highest BCUT2D eigenvalue weighted by Gasteiger charge is 2.33. The van der Waals surface area contributed by atoms with Gasteiger partial charge >= 0.3 is 0 Å². The van der Waals surface area contributed by atoms with Crippen LogP contribution in [0.4, 0.5) is 0 Å². The van der Waals surface area contributed by atoms with Crippen molar-refractivity contribution in [1.29, 1.82) is 0 Å². The molecule has 1 amide bonds. The van der Waals surface area contributed by atoms with E-state index < -0.39 is 0 Å². The molecule has 2 saturated heterocycles. The van der Waals surface area contributed by atoms with E-state index in [-0.39, 0.29) is 11.8 Å². The van der Waals surface area contributed by atoms with Crippen LogP contribution in [0.15, 0.2) is 30.3 Å². The Balaban J connectivity index is 1.69. The van der Waals surface area contributed by atoms with Crippen LogP contribution >= 0.6 is 0 Å². The lowest BCUT2D eigenvalue weighted by Gasteiger charge is -2.26. The van der Waals surface area contributed by atoms with Gasteiger partial charge in [-0.1, -0.05) is 30.3 Å². The van der Waals surface area contributed by atoms with Gasteiger partial charge in [-0.3, -0.25) is 4.79 Å². The third kappa shape index (κ3) is 3.11. The molecular formula is C17H25N3O. The van der Waals surface area contributed by atoms with Crippen molar-refractivity contribution in [1.82, 2.24) is 10.2 Å². The Bertz CT molecular complexity index is 462. The van der Waals surface area contributed by atoms with Gasteiger partial charge in [0.1, 0.15) is 0 Å². The number of hydrogen-bond donors (Lipinski definition) is 2. The molecule has 3 atom stereocenters. The van der Waals surface area contributed by atoms with Gasteiger partial charge in [-0.25, -0.2) is 0 Å². The number of fused-ring (bicyclic) bond motifs is 1. The zero-order valence-corrected chi connectivity index (χ0v) is 12.5. The van der Waals surface area contributed by atoms with Gasteiger partial charge in [0.15, 0.2) is 0 Å². The third-order valence-electron chi connectivity index (χ3n) is 5.07. The predicted octanol–water partition coefficient (Wildman–Crippen LogP) is 1.19. The van der Waals surface area contributed by atoms with Crippen LogP contribution in [0.1, 0.15) is 24.3 Å². The van der Waals surface area contributed by atoms with Crippen molar-refractivity contribution in [3.8, 4) is 0 Å². The van der Waals surface area contributed by atoms with Gasteiger partial charge in [0.05, 0.1) is 5.92 Å². The standard InChI is InChI=1S/C17H25N3O/c18-10-16(13-4-2-1-3-5-13)17(21)20-8-6-14-11-19-12-15(14)7-9-20/h1-5,14-16,19H,6-12,18H2/t14-,15+,16?. The first-order valence-electron chi connectivity index (χ1n) is 8.04. The second-order valence-electron chi connectivity index (χ2n) is 6.28. The summed E-state index contributed by atoms with van der Waals surface area (Å²) < 4.78 is 0. The van der Waals surface area contributed by atoms with E-state index in [1.807, 2.05) is 35.2 Å². The maximum Gasteiger partial charge on any atom is 0.231 e. The molecule has 2 heterocycles. The number of likely N-dealkylation sites (tertiary alicyclic amines) is 1. The number of carbonyl (C=O) groups is 1. The number of nitrogens with two attached hydrogens (primary N) is 1. The number of carbonyl (C=O) groups excluding carboxylic acids is 1. The minimum atomic E-state index is -0.192. The summed E-state index contributed by atoms with van der Waals surface area (Å²) in [5.41, 5.74) is 6.92. The van der Waals surface area contributed by atoms with Crippen molar-refractivity contribution in [2.75, 3.05) is 32.7 Å². The largest absolute Gasteiger partial charge is 0.342 e. The first-order valence-corrected chi connectivity index (χ1v) is 8.04. The summed E-state index contributed by atoms with van der Waals surface area (Å²) in [6.07, 6.45) is 2.24. The first kappa shape index (κ1) is 14.5. The molecular weight excluding hydrogens is 262 g/mol. The van der Waals surface area contributed by atoms with E-state index >= 15 is 0 Å². The highest BCUT2D eigenvalue weighted by molar-refractivity contribution is 5.84. The Morgan fingerprint density at radius 1 is 1.19 bits per heavy atom. The Kier molecular flexibility index (Phi) is 4.56. The van der Waals surface area contributed by atoms with E-state index in [1.165, 1.54) is 0 Å². The zero-order chi connectivity index (χ0) is 14.7. The summed E-state index contributed by atoms with van der Waals surface area (Å²) in [5.74, 6) is 1.51. The Morgan fingerprint density at radius 3 is 2.38 bits per heavy atom. The smallest absolute Gasteiger partial charge is 0.231 e. The summed E-state index contributed by atoms with van der Waals surface area (Å²) in [5, 5.41) is 3.47. The lowest BCUT2D eigenvalue weighted by Crippen LogP contribution is -2.39. The number of amides is 1. The lowest BCUT2D eigenvalue weighted by molar-refractivity contribution is -0.132. The van der Waals surface area contributed by atoms with Crippen LogP contribution in [-0.4, -0.2) is 43.5 Å². The molecule has 21 heavy (non-hydrogen) atoms. The van der Waals surface area contributed by atoms with E-state index in [0.717, 1.165) is 56.4 Å². The average molecular weight is 287 g/mol. The van der Waals surface area contributed by atoms with Crippen molar-refractivity contribution in [2.24, 2.45) is 17.6 Å². The number of nitrogens with one attached hydrogen (secondary N) is 1. The summed E-state index contributed by atoms with van der Waals surface area (Å²) in [6.45, 7) is 4.38. The molecule has 0 spiro atoms. The molecule has 1 unspecified atom stereocenters. The average Bonchev–Trinajstić information content (AvgIpc) is 2.87. The molecule has 0 saturated carbocycles. The SMILES string of the molecule is NCC(C(=O)N1CC[C@@H]2CNC[C@@H]2CC1)c1ccccc1. The van der Waals surface area contributed by atoms with E-state index in [4.69, 9.17) is 5.73 Å². The minimum absolute atomic E-state index is 0.192. The zero-order valence-electron chi connectivity index (χ0n) is 12.5. The van der Waals surface area contributed by atoms with E-state index in [0.29, 0.717) is 6.54 Å². The topological polar surface area (TPSA) is 58.4 Å². The van der Waals surface area contributed by atoms with Crippen LogP contribution < -0.4 is 11.1 Å². The molecule has 2 fully saturated rings. The first-order chi connectivity index (χ1) is 10.3. The molecule has 2 aliphatic rings. The normalized spacial score (nSPS) is 27.0. The van der Waals surface area contributed by atoms with Gasteiger partial charge in [-0.05, 0) is 43.3 Å². The molecule has 0 radical (unpaired) electrons. The molecule has 2 aliphatic heterocycles. The molecule has 3 rings (SSSR count). The maximum absolute atomic E-state index is 12.8. The molecule has 0 aliphatic carbocycles. The lowest BCUT2D eigenvalue weighted by atomic mass is 9.92. The monoisotopic (exact) mass is 287 g/mol. The Morgan fingerprint density at radius 2 is 1.81 bits per heavy atom. The summed E-state index contributed by atoms with van der Waals surface area (Å²) in [7, 11) is 0. The van der Waals surface area contributed by atoms with E-state index in [1.54, 1.807) is 0 Å². The van der Waals surface area contributed by atoms with Crippen LogP contribution in [0.25, 0.3) is 0 Å².